The number of aliphatic hydroxyl groups excluding tert-OH is 1. The third kappa shape index (κ3) is 5.87. The van der Waals surface area contributed by atoms with Gasteiger partial charge in [-0.1, -0.05) is 75.4 Å². The lowest BCUT2D eigenvalue weighted by Gasteiger charge is -2.12. The predicted molar refractivity (Wildman–Crippen MR) is 101 cm³/mol. The van der Waals surface area contributed by atoms with Gasteiger partial charge in [-0.2, -0.15) is 0 Å². The number of rotatable bonds is 9. The summed E-state index contributed by atoms with van der Waals surface area (Å²) in [7, 11) is 0. The molecular formula is C21H25ClO3. The van der Waals surface area contributed by atoms with Crippen molar-refractivity contribution in [2.45, 2.75) is 51.6 Å². The van der Waals surface area contributed by atoms with Gasteiger partial charge in [-0.3, -0.25) is 0 Å². The van der Waals surface area contributed by atoms with E-state index in [1.807, 2.05) is 36.4 Å². The molecule has 0 amide bonds. The molecule has 1 N–H and O–H groups in total. The van der Waals surface area contributed by atoms with Crippen molar-refractivity contribution < 1.29 is 14.2 Å². The maximum Gasteiger partial charge on any atom is 0.356 e. The first kappa shape index (κ1) is 19.5. The number of aliphatic hydroxyl groups is 1. The van der Waals surface area contributed by atoms with Crippen LogP contribution in [0, 0.1) is 0 Å². The van der Waals surface area contributed by atoms with Gasteiger partial charge in [0.05, 0.1) is 11.7 Å². The lowest BCUT2D eigenvalue weighted by atomic mass is 9.98. The van der Waals surface area contributed by atoms with Gasteiger partial charge in [0.25, 0.3) is 0 Å². The fourth-order valence-corrected chi connectivity index (χ4v) is 2.94. The van der Waals surface area contributed by atoms with Gasteiger partial charge in [0.1, 0.15) is 11.9 Å². The van der Waals surface area contributed by atoms with Crippen LogP contribution in [0.1, 0.15) is 67.5 Å². The van der Waals surface area contributed by atoms with Crippen LogP contribution < -0.4 is 0 Å². The van der Waals surface area contributed by atoms with Crippen molar-refractivity contribution in [2.24, 2.45) is 0 Å². The average molecular weight is 361 g/mol. The summed E-state index contributed by atoms with van der Waals surface area (Å²) in [5, 5.41) is 10.3. The molecule has 2 rings (SSSR count). The van der Waals surface area contributed by atoms with Crippen molar-refractivity contribution in [3.05, 3.63) is 59.7 Å². The van der Waals surface area contributed by atoms with Crippen molar-refractivity contribution in [3.63, 3.8) is 0 Å². The fraction of sp³-hybridized carbons (Fsp3) is 0.381. The number of halogens is 1. The Morgan fingerprint density at radius 3 is 2.08 bits per heavy atom. The highest BCUT2D eigenvalue weighted by atomic mass is 35.5. The van der Waals surface area contributed by atoms with Crippen LogP contribution in [0.4, 0.5) is 0 Å². The van der Waals surface area contributed by atoms with Crippen LogP contribution in [-0.4, -0.2) is 11.1 Å². The standard InChI is InChI=1S/C21H25ClO3/c1-2-3-4-5-6-7-20(23)18-12-8-16(9-13-18)17-10-14-19(15-11-17)21(24)25-22/h8-15,20,23H,2-7H2,1H3. The van der Waals surface area contributed by atoms with Crippen molar-refractivity contribution in [1.29, 1.82) is 0 Å². The molecule has 25 heavy (non-hydrogen) atoms. The number of benzene rings is 2. The molecule has 1 unspecified atom stereocenters. The first-order valence-corrected chi connectivity index (χ1v) is 9.18. The monoisotopic (exact) mass is 360 g/mol. The summed E-state index contributed by atoms with van der Waals surface area (Å²) in [5.41, 5.74) is 3.38. The minimum absolute atomic E-state index is 0.406. The Hall–Kier alpha value is -1.84. The van der Waals surface area contributed by atoms with Crippen LogP contribution in [-0.2, 0) is 4.29 Å². The molecule has 0 saturated carbocycles. The Balaban J connectivity index is 1.93. The van der Waals surface area contributed by atoms with Crippen molar-refractivity contribution in [3.8, 4) is 11.1 Å². The zero-order chi connectivity index (χ0) is 18.1. The Morgan fingerprint density at radius 1 is 0.960 bits per heavy atom. The summed E-state index contributed by atoms with van der Waals surface area (Å²) in [4.78, 5) is 11.3. The molecular weight excluding hydrogens is 336 g/mol. The normalized spacial score (nSPS) is 12.0. The highest BCUT2D eigenvalue weighted by Gasteiger charge is 2.09. The Bertz CT molecular complexity index is 650. The van der Waals surface area contributed by atoms with Gasteiger partial charge in [0.2, 0.25) is 0 Å². The highest BCUT2D eigenvalue weighted by Crippen LogP contribution is 2.25. The SMILES string of the molecule is CCCCCCCC(O)c1ccc(-c2ccc(C(=O)OCl)cc2)cc1. The molecule has 0 fully saturated rings. The largest absolute Gasteiger partial charge is 0.388 e. The van der Waals surface area contributed by atoms with Crippen LogP contribution in [0.2, 0.25) is 0 Å². The molecule has 0 heterocycles. The Morgan fingerprint density at radius 2 is 1.52 bits per heavy atom. The quantitative estimate of drug-likeness (QED) is 0.553. The summed E-state index contributed by atoms with van der Waals surface area (Å²) < 4.78 is 4.18. The summed E-state index contributed by atoms with van der Waals surface area (Å²) in [6.07, 6.45) is 6.38. The van der Waals surface area contributed by atoms with E-state index in [-0.39, 0.29) is 0 Å². The van der Waals surface area contributed by atoms with Gasteiger partial charge in [-0.25, -0.2) is 4.79 Å². The number of unbranched alkanes of at least 4 members (excludes halogenated alkanes) is 4. The predicted octanol–water partition coefficient (Wildman–Crippen LogP) is 6.06. The molecule has 2 aromatic rings. The van der Waals surface area contributed by atoms with E-state index in [1.54, 1.807) is 12.1 Å². The first-order valence-electron chi connectivity index (χ1n) is 8.87. The van der Waals surface area contributed by atoms with E-state index in [0.29, 0.717) is 5.56 Å². The van der Waals surface area contributed by atoms with Crippen LogP contribution in [0.25, 0.3) is 11.1 Å². The fourth-order valence-electron chi connectivity index (χ4n) is 2.85. The highest BCUT2D eigenvalue weighted by molar-refractivity contribution is 6.15. The van der Waals surface area contributed by atoms with E-state index in [4.69, 9.17) is 11.9 Å². The van der Waals surface area contributed by atoms with E-state index in [0.717, 1.165) is 29.5 Å². The third-order valence-electron chi connectivity index (χ3n) is 4.40. The van der Waals surface area contributed by atoms with E-state index >= 15 is 0 Å². The van der Waals surface area contributed by atoms with Crippen LogP contribution in [0.15, 0.2) is 48.5 Å². The molecule has 0 aromatic heterocycles. The van der Waals surface area contributed by atoms with Crippen molar-refractivity contribution >= 4 is 17.8 Å². The maximum absolute atomic E-state index is 11.3. The van der Waals surface area contributed by atoms with Crippen molar-refractivity contribution in [1.82, 2.24) is 0 Å². The molecule has 2 aromatic carbocycles. The molecule has 4 heteroatoms. The average Bonchev–Trinajstić information content (AvgIpc) is 2.67. The third-order valence-corrected chi connectivity index (χ3v) is 4.54. The number of carbonyl (C=O) groups is 1. The van der Waals surface area contributed by atoms with E-state index < -0.39 is 12.1 Å². The minimum Gasteiger partial charge on any atom is -0.388 e. The summed E-state index contributed by atoms with van der Waals surface area (Å²) >= 11 is 5.08. The van der Waals surface area contributed by atoms with Crippen LogP contribution >= 0.6 is 11.9 Å². The molecule has 0 spiro atoms. The summed E-state index contributed by atoms with van der Waals surface area (Å²) in [5.74, 6) is -0.564. The molecule has 0 aliphatic rings. The second kappa shape index (κ2) is 10.2. The maximum atomic E-state index is 11.3. The molecule has 0 radical (unpaired) electrons. The minimum atomic E-state index is -0.564. The summed E-state index contributed by atoms with van der Waals surface area (Å²) in [6, 6.07) is 15.0. The molecule has 0 aliphatic carbocycles. The lowest BCUT2D eigenvalue weighted by Crippen LogP contribution is -1.98. The van der Waals surface area contributed by atoms with Crippen LogP contribution in [0.5, 0.6) is 0 Å². The van der Waals surface area contributed by atoms with Gasteiger partial charge in [-0.05, 0) is 35.2 Å². The molecule has 1 atom stereocenters. The van der Waals surface area contributed by atoms with Gasteiger partial charge in [0.15, 0.2) is 0 Å². The van der Waals surface area contributed by atoms with E-state index in [1.165, 1.54) is 25.7 Å². The molecule has 0 aliphatic heterocycles. The number of carbonyl (C=O) groups excluding carboxylic acids is 1. The van der Waals surface area contributed by atoms with Gasteiger partial charge < -0.3 is 9.40 Å². The zero-order valence-corrected chi connectivity index (χ0v) is 15.3. The lowest BCUT2D eigenvalue weighted by molar-refractivity contribution is 0.0751. The molecule has 0 bridgehead atoms. The second-order valence-electron chi connectivity index (χ2n) is 6.28. The van der Waals surface area contributed by atoms with E-state index in [9.17, 15) is 9.90 Å². The second-order valence-corrected chi connectivity index (χ2v) is 6.44. The molecule has 3 nitrogen and oxygen atoms in total. The van der Waals surface area contributed by atoms with Gasteiger partial charge in [-0.15, -0.1) is 0 Å². The van der Waals surface area contributed by atoms with Crippen molar-refractivity contribution in [2.75, 3.05) is 0 Å². The Labute approximate surface area is 154 Å². The number of hydrogen-bond acceptors (Lipinski definition) is 3. The topological polar surface area (TPSA) is 46.5 Å². The van der Waals surface area contributed by atoms with E-state index in [2.05, 4.69) is 11.2 Å². The smallest absolute Gasteiger partial charge is 0.356 e. The van der Waals surface area contributed by atoms with Gasteiger partial charge in [0, 0.05) is 0 Å². The molecule has 134 valence electrons. The first-order chi connectivity index (χ1) is 12.2. The van der Waals surface area contributed by atoms with Crippen LogP contribution in [0.3, 0.4) is 0 Å². The number of hydrogen-bond donors (Lipinski definition) is 1. The molecule has 0 saturated heterocycles. The zero-order valence-electron chi connectivity index (χ0n) is 14.6. The summed E-state index contributed by atoms with van der Waals surface area (Å²) in [6.45, 7) is 2.20. The Kier molecular flexibility index (Phi) is 7.96. The van der Waals surface area contributed by atoms with Gasteiger partial charge >= 0.3 is 5.97 Å².